The largest absolute Gasteiger partial charge is 0.384 e. The zero-order valence-corrected chi connectivity index (χ0v) is 16.4. The predicted octanol–water partition coefficient (Wildman–Crippen LogP) is 4.36. The summed E-state index contributed by atoms with van der Waals surface area (Å²) in [6.45, 7) is 8.23. The van der Waals surface area contributed by atoms with Crippen LogP contribution in [0.15, 0.2) is 48.5 Å². The lowest BCUT2D eigenvalue weighted by Gasteiger charge is -2.40. The van der Waals surface area contributed by atoms with Crippen molar-refractivity contribution in [2.75, 3.05) is 32.8 Å². The summed E-state index contributed by atoms with van der Waals surface area (Å²) in [5.74, 6) is -0.0365. The lowest BCUT2D eigenvalue weighted by molar-refractivity contribution is -0.0250. The van der Waals surface area contributed by atoms with Crippen molar-refractivity contribution < 1.29 is 9.84 Å². The van der Waals surface area contributed by atoms with Gasteiger partial charge in [-0.15, -0.1) is 0 Å². The fourth-order valence-electron chi connectivity index (χ4n) is 3.76. The summed E-state index contributed by atoms with van der Waals surface area (Å²) >= 11 is 6.10. The van der Waals surface area contributed by atoms with Crippen LogP contribution in [-0.2, 0) is 10.3 Å². The van der Waals surface area contributed by atoms with Crippen molar-refractivity contribution in [2.45, 2.75) is 31.8 Å². The predicted molar refractivity (Wildman–Crippen MR) is 107 cm³/mol. The molecule has 1 fully saturated rings. The minimum atomic E-state index is -0.931. The number of benzene rings is 2. The van der Waals surface area contributed by atoms with Crippen molar-refractivity contribution in [3.8, 4) is 0 Å². The van der Waals surface area contributed by atoms with Crippen molar-refractivity contribution in [1.82, 2.24) is 4.90 Å². The van der Waals surface area contributed by atoms with Gasteiger partial charge in [0.2, 0.25) is 0 Å². The molecule has 0 bridgehead atoms. The van der Waals surface area contributed by atoms with E-state index in [0.717, 1.165) is 44.0 Å². The highest BCUT2D eigenvalue weighted by atomic mass is 35.5. The molecule has 0 aromatic heterocycles. The Morgan fingerprint density at radius 2 is 1.69 bits per heavy atom. The summed E-state index contributed by atoms with van der Waals surface area (Å²) in [7, 11) is 0. The number of morpholine rings is 1. The third-order valence-corrected chi connectivity index (χ3v) is 5.74. The second-order valence-electron chi connectivity index (χ2n) is 7.16. The quantitative estimate of drug-likeness (QED) is 0.816. The Bertz CT molecular complexity index is 695. The van der Waals surface area contributed by atoms with Crippen LogP contribution in [0, 0.1) is 6.92 Å². The molecular formula is C22H28ClNO2. The van der Waals surface area contributed by atoms with Gasteiger partial charge in [0.05, 0.1) is 18.8 Å². The molecule has 0 unspecified atom stereocenters. The van der Waals surface area contributed by atoms with Crippen LogP contribution in [0.1, 0.15) is 36.0 Å². The molecule has 1 aliphatic heterocycles. The van der Waals surface area contributed by atoms with Gasteiger partial charge < -0.3 is 9.84 Å². The Morgan fingerprint density at radius 3 is 2.27 bits per heavy atom. The molecule has 0 amide bonds. The van der Waals surface area contributed by atoms with Crippen LogP contribution >= 0.6 is 11.6 Å². The molecule has 140 valence electrons. The Labute approximate surface area is 161 Å². The maximum absolute atomic E-state index is 11.8. The van der Waals surface area contributed by atoms with Crippen LogP contribution in [0.3, 0.4) is 0 Å². The van der Waals surface area contributed by atoms with Crippen LogP contribution in [0.2, 0.25) is 5.02 Å². The average molecular weight is 374 g/mol. The van der Waals surface area contributed by atoms with Crippen LogP contribution in [0.5, 0.6) is 0 Å². The Kier molecular flexibility index (Phi) is 6.36. The molecule has 1 N–H and O–H groups in total. The van der Waals surface area contributed by atoms with E-state index >= 15 is 0 Å². The Morgan fingerprint density at radius 1 is 1.08 bits per heavy atom. The van der Waals surface area contributed by atoms with E-state index in [4.69, 9.17) is 16.3 Å². The van der Waals surface area contributed by atoms with E-state index in [1.807, 2.05) is 24.3 Å². The molecular weight excluding hydrogens is 346 g/mol. The summed E-state index contributed by atoms with van der Waals surface area (Å²) in [5.41, 5.74) is 2.35. The number of hydrogen-bond donors (Lipinski definition) is 1. The minimum absolute atomic E-state index is 0.0365. The molecule has 0 saturated carbocycles. The van der Waals surface area contributed by atoms with Gasteiger partial charge in [-0.3, -0.25) is 4.90 Å². The fraction of sp³-hybridized carbons (Fsp3) is 0.455. The van der Waals surface area contributed by atoms with Crippen molar-refractivity contribution in [1.29, 1.82) is 0 Å². The fourth-order valence-corrected chi connectivity index (χ4v) is 3.89. The molecule has 0 aliphatic carbocycles. The molecule has 2 atom stereocenters. The summed E-state index contributed by atoms with van der Waals surface area (Å²) in [5, 5.41) is 12.5. The van der Waals surface area contributed by atoms with E-state index in [9.17, 15) is 5.11 Å². The lowest BCUT2D eigenvalue weighted by Crippen LogP contribution is -2.44. The van der Waals surface area contributed by atoms with Gasteiger partial charge in [-0.1, -0.05) is 60.5 Å². The van der Waals surface area contributed by atoms with Crippen molar-refractivity contribution >= 4 is 11.6 Å². The van der Waals surface area contributed by atoms with Gasteiger partial charge >= 0.3 is 0 Å². The number of aryl methyl sites for hydroxylation is 1. The summed E-state index contributed by atoms with van der Waals surface area (Å²) in [4.78, 5) is 2.39. The number of aliphatic hydroxyl groups is 1. The highest BCUT2D eigenvalue weighted by molar-refractivity contribution is 6.30. The third kappa shape index (κ3) is 4.29. The molecule has 2 aromatic rings. The summed E-state index contributed by atoms with van der Waals surface area (Å²) in [6, 6.07) is 16.2. The number of ether oxygens (including phenoxy) is 1. The maximum atomic E-state index is 11.8. The maximum Gasteiger partial charge on any atom is 0.0974 e. The molecule has 1 saturated heterocycles. The number of hydrogen-bond acceptors (Lipinski definition) is 3. The Hall–Kier alpha value is -1.39. The van der Waals surface area contributed by atoms with Crippen molar-refractivity contribution in [3.63, 3.8) is 0 Å². The summed E-state index contributed by atoms with van der Waals surface area (Å²) in [6.07, 6.45) is 0.647. The second kappa shape index (κ2) is 8.53. The first-order valence-corrected chi connectivity index (χ1v) is 9.76. The molecule has 0 radical (unpaired) electrons. The first kappa shape index (κ1) is 19.4. The number of halogens is 1. The zero-order valence-electron chi connectivity index (χ0n) is 15.6. The standard InChI is InChI=1S/C22H28ClNO2/c1-3-22(25,19-8-4-17(2)5-9-19)21(16-24-12-14-26-15-13-24)18-6-10-20(23)11-7-18/h4-11,21,25H,3,12-16H2,1-2H3/t21-,22-/m1/s1. The van der Waals surface area contributed by atoms with E-state index in [2.05, 4.69) is 43.0 Å². The highest BCUT2D eigenvalue weighted by Crippen LogP contribution is 2.41. The van der Waals surface area contributed by atoms with Gasteiger partial charge in [0.25, 0.3) is 0 Å². The van der Waals surface area contributed by atoms with E-state index in [1.165, 1.54) is 5.56 Å². The molecule has 2 aromatic carbocycles. The zero-order chi connectivity index (χ0) is 18.6. The van der Waals surface area contributed by atoms with Gasteiger partial charge in [-0.25, -0.2) is 0 Å². The second-order valence-corrected chi connectivity index (χ2v) is 7.60. The van der Waals surface area contributed by atoms with Crippen LogP contribution in [0.25, 0.3) is 0 Å². The number of rotatable bonds is 6. The van der Waals surface area contributed by atoms with Crippen LogP contribution in [-0.4, -0.2) is 42.9 Å². The topological polar surface area (TPSA) is 32.7 Å². The molecule has 0 spiro atoms. The third-order valence-electron chi connectivity index (χ3n) is 5.48. The lowest BCUT2D eigenvalue weighted by atomic mass is 9.75. The Balaban J connectivity index is 1.98. The van der Waals surface area contributed by atoms with Gasteiger partial charge in [0.1, 0.15) is 0 Å². The summed E-state index contributed by atoms with van der Waals surface area (Å²) < 4.78 is 5.49. The minimum Gasteiger partial charge on any atom is -0.384 e. The normalized spacial score (nSPS) is 19.1. The molecule has 3 rings (SSSR count). The van der Waals surface area contributed by atoms with Gasteiger partial charge in [-0.2, -0.15) is 0 Å². The van der Waals surface area contributed by atoms with E-state index in [0.29, 0.717) is 11.4 Å². The molecule has 3 nitrogen and oxygen atoms in total. The van der Waals surface area contributed by atoms with Gasteiger partial charge in [0.15, 0.2) is 0 Å². The molecule has 4 heteroatoms. The number of nitrogens with zero attached hydrogens (tertiary/aromatic N) is 1. The van der Waals surface area contributed by atoms with Crippen LogP contribution < -0.4 is 0 Å². The molecule has 1 aliphatic rings. The monoisotopic (exact) mass is 373 g/mol. The SMILES string of the molecule is CC[C@@](O)(c1ccc(C)cc1)[C@H](CN1CCOCC1)c1ccc(Cl)cc1. The first-order valence-electron chi connectivity index (χ1n) is 9.38. The van der Waals surface area contributed by atoms with Crippen molar-refractivity contribution in [3.05, 3.63) is 70.2 Å². The smallest absolute Gasteiger partial charge is 0.0974 e. The van der Waals surface area contributed by atoms with Crippen LogP contribution in [0.4, 0.5) is 0 Å². The molecule has 1 heterocycles. The van der Waals surface area contributed by atoms with E-state index in [-0.39, 0.29) is 5.92 Å². The van der Waals surface area contributed by atoms with Gasteiger partial charge in [-0.05, 0) is 36.6 Å². The van der Waals surface area contributed by atoms with Gasteiger partial charge in [0, 0.05) is 30.6 Å². The van der Waals surface area contributed by atoms with E-state index in [1.54, 1.807) is 0 Å². The molecule has 26 heavy (non-hydrogen) atoms. The first-order chi connectivity index (χ1) is 12.5. The average Bonchev–Trinajstić information content (AvgIpc) is 2.68. The van der Waals surface area contributed by atoms with E-state index < -0.39 is 5.60 Å². The highest BCUT2D eigenvalue weighted by Gasteiger charge is 2.39. The van der Waals surface area contributed by atoms with Crippen molar-refractivity contribution in [2.24, 2.45) is 0 Å².